The average Bonchev–Trinajstić information content (AvgIpc) is 3.27. The molecule has 33 heavy (non-hydrogen) atoms. The van der Waals surface area contributed by atoms with E-state index in [1.807, 2.05) is 54.6 Å². The first-order valence-corrected chi connectivity index (χ1v) is 11.3. The zero-order valence-electron chi connectivity index (χ0n) is 19.4. The summed E-state index contributed by atoms with van der Waals surface area (Å²) in [7, 11) is 1.63. The van der Waals surface area contributed by atoms with Crippen molar-refractivity contribution in [3.05, 3.63) is 71.9 Å². The van der Waals surface area contributed by atoms with Gasteiger partial charge in [-0.2, -0.15) is 5.10 Å². The number of aromatic nitrogens is 2. The number of anilines is 1. The molecule has 2 amide bonds. The molecule has 0 saturated heterocycles. The Morgan fingerprint density at radius 1 is 1.15 bits per heavy atom. The molecule has 0 unspecified atom stereocenters. The van der Waals surface area contributed by atoms with E-state index in [9.17, 15) is 9.59 Å². The largest absolute Gasteiger partial charge is 0.385 e. The molecule has 172 valence electrons. The summed E-state index contributed by atoms with van der Waals surface area (Å²) in [4.78, 5) is 28.8. The quantitative estimate of drug-likeness (QED) is 0.536. The van der Waals surface area contributed by atoms with Crippen molar-refractivity contribution in [2.24, 2.45) is 0 Å². The van der Waals surface area contributed by atoms with Crippen LogP contribution in [0.5, 0.6) is 0 Å². The number of nitrogens with zero attached hydrogens (tertiary/aromatic N) is 3. The third-order valence-corrected chi connectivity index (χ3v) is 6.13. The molecule has 0 spiro atoms. The molecule has 0 bridgehead atoms. The Bertz CT molecular complexity index is 1120. The van der Waals surface area contributed by atoms with Gasteiger partial charge >= 0.3 is 0 Å². The maximum atomic E-state index is 13.8. The Balaban J connectivity index is 1.73. The van der Waals surface area contributed by atoms with Gasteiger partial charge in [-0.1, -0.05) is 49.4 Å². The van der Waals surface area contributed by atoms with E-state index >= 15 is 0 Å². The van der Waals surface area contributed by atoms with Crippen LogP contribution in [0.15, 0.2) is 60.7 Å². The van der Waals surface area contributed by atoms with Crippen LogP contribution in [0.1, 0.15) is 36.3 Å². The molecule has 0 radical (unpaired) electrons. The van der Waals surface area contributed by atoms with Crippen molar-refractivity contribution in [3.63, 3.8) is 0 Å². The number of fused-ring (bicyclic) bond motifs is 1. The molecule has 2 aromatic carbocycles. The molecule has 7 heteroatoms. The molecule has 3 aromatic rings. The standard InChI is InChI=1S/C26H30N4O3/c1-4-19-11-13-21(14-12-19)30-24(31)23-17-22(20-9-6-5-7-10-20)28-29(23)18-26(30,2)25(32)27-15-8-16-33-3/h5-7,9-14,17H,4,8,15-16,18H2,1-3H3,(H,27,32)/t26-/m0/s1. The van der Waals surface area contributed by atoms with E-state index in [2.05, 4.69) is 17.3 Å². The highest BCUT2D eigenvalue weighted by Crippen LogP contribution is 2.34. The van der Waals surface area contributed by atoms with Crippen LogP contribution < -0.4 is 10.2 Å². The molecule has 0 saturated carbocycles. The number of benzene rings is 2. The number of nitrogens with one attached hydrogen (secondary N) is 1. The van der Waals surface area contributed by atoms with Gasteiger partial charge in [-0.25, -0.2) is 0 Å². The minimum absolute atomic E-state index is 0.214. The fourth-order valence-corrected chi connectivity index (χ4v) is 4.23. The lowest BCUT2D eigenvalue weighted by Gasteiger charge is -2.43. The third-order valence-electron chi connectivity index (χ3n) is 6.13. The highest BCUT2D eigenvalue weighted by atomic mass is 16.5. The van der Waals surface area contributed by atoms with Crippen LogP contribution in [0.4, 0.5) is 5.69 Å². The summed E-state index contributed by atoms with van der Waals surface area (Å²) in [5, 5.41) is 7.67. The van der Waals surface area contributed by atoms with Crippen LogP contribution in [0, 0.1) is 0 Å². The van der Waals surface area contributed by atoms with Crippen molar-refractivity contribution in [1.29, 1.82) is 0 Å². The van der Waals surface area contributed by atoms with Crippen LogP contribution in [0.2, 0.25) is 0 Å². The minimum atomic E-state index is -1.13. The first-order valence-electron chi connectivity index (χ1n) is 11.3. The molecule has 1 N–H and O–H groups in total. The zero-order chi connectivity index (χ0) is 23.4. The van der Waals surface area contributed by atoms with Gasteiger partial charge in [-0.3, -0.25) is 19.2 Å². The Hall–Kier alpha value is -3.45. The van der Waals surface area contributed by atoms with E-state index in [4.69, 9.17) is 4.74 Å². The molecular formula is C26H30N4O3. The SMILES string of the molecule is CCc1ccc(N2C(=O)c3cc(-c4ccccc4)nn3C[C@@]2(C)C(=O)NCCCOC)cc1. The van der Waals surface area contributed by atoms with E-state index in [0.717, 1.165) is 12.0 Å². The molecule has 1 aliphatic heterocycles. The molecule has 0 fully saturated rings. The second-order valence-electron chi connectivity index (χ2n) is 8.48. The van der Waals surface area contributed by atoms with Crippen LogP contribution in [-0.2, 0) is 22.5 Å². The van der Waals surface area contributed by atoms with E-state index in [1.165, 1.54) is 5.56 Å². The predicted octanol–water partition coefficient (Wildman–Crippen LogP) is 3.68. The number of carbonyl (C=O) groups is 2. The molecule has 0 aliphatic carbocycles. The summed E-state index contributed by atoms with van der Waals surface area (Å²) in [6, 6.07) is 19.4. The maximum absolute atomic E-state index is 13.8. The average molecular weight is 447 g/mol. The molecule has 1 aromatic heterocycles. The summed E-state index contributed by atoms with van der Waals surface area (Å²) in [5.41, 5.74) is 2.84. The normalized spacial score (nSPS) is 17.7. The number of methoxy groups -OCH3 is 1. The smallest absolute Gasteiger partial charge is 0.277 e. The van der Waals surface area contributed by atoms with Gasteiger partial charge in [-0.05, 0) is 43.5 Å². The highest BCUT2D eigenvalue weighted by molar-refractivity contribution is 6.12. The van der Waals surface area contributed by atoms with Crippen molar-refractivity contribution in [3.8, 4) is 11.3 Å². The van der Waals surface area contributed by atoms with E-state index in [0.29, 0.717) is 36.6 Å². The van der Waals surface area contributed by atoms with Crippen molar-refractivity contribution < 1.29 is 14.3 Å². The van der Waals surface area contributed by atoms with Gasteiger partial charge < -0.3 is 10.1 Å². The van der Waals surface area contributed by atoms with Crippen LogP contribution in [0.25, 0.3) is 11.3 Å². The van der Waals surface area contributed by atoms with Gasteiger partial charge in [0.25, 0.3) is 5.91 Å². The summed E-state index contributed by atoms with van der Waals surface area (Å²) in [6.07, 6.45) is 1.60. The Kier molecular flexibility index (Phi) is 6.60. The molecular weight excluding hydrogens is 416 g/mol. The van der Waals surface area contributed by atoms with Crippen LogP contribution >= 0.6 is 0 Å². The fourth-order valence-electron chi connectivity index (χ4n) is 4.23. The Morgan fingerprint density at radius 3 is 2.55 bits per heavy atom. The lowest BCUT2D eigenvalue weighted by atomic mass is 9.93. The molecule has 2 heterocycles. The highest BCUT2D eigenvalue weighted by Gasteiger charge is 2.48. The number of rotatable bonds is 8. The predicted molar refractivity (Wildman–Crippen MR) is 128 cm³/mol. The first-order chi connectivity index (χ1) is 16.0. The van der Waals surface area contributed by atoms with Gasteiger partial charge in [0.1, 0.15) is 11.2 Å². The second-order valence-corrected chi connectivity index (χ2v) is 8.48. The number of hydrogen-bond donors (Lipinski definition) is 1. The van der Waals surface area contributed by atoms with Crippen molar-refractivity contribution >= 4 is 17.5 Å². The molecule has 4 rings (SSSR count). The van der Waals surface area contributed by atoms with Crippen molar-refractivity contribution in [1.82, 2.24) is 15.1 Å². The monoisotopic (exact) mass is 446 g/mol. The van der Waals surface area contributed by atoms with Crippen molar-refractivity contribution in [2.75, 3.05) is 25.2 Å². The van der Waals surface area contributed by atoms with Gasteiger partial charge in [0, 0.05) is 31.5 Å². The maximum Gasteiger partial charge on any atom is 0.277 e. The summed E-state index contributed by atoms with van der Waals surface area (Å²) in [5.74, 6) is -0.455. The molecule has 7 nitrogen and oxygen atoms in total. The molecule has 1 atom stereocenters. The Morgan fingerprint density at radius 2 is 1.88 bits per heavy atom. The summed E-state index contributed by atoms with van der Waals surface area (Å²) >= 11 is 0. The van der Waals surface area contributed by atoms with Gasteiger partial charge in [0.15, 0.2) is 0 Å². The lowest BCUT2D eigenvalue weighted by Crippen LogP contribution is -2.64. The third kappa shape index (κ3) is 4.41. The second kappa shape index (κ2) is 9.58. The van der Waals surface area contributed by atoms with Crippen LogP contribution in [0.3, 0.4) is 0 Å². The number of hydrogen-bond acceptors (Lipinski definition) is 4. The topological polar surface area (TPSA) is 76.5 Å². The van der Waals surface area contributed by atoms with Gasteiger partial charge in [0.05, 0.1) is 12.2 Å². The van der Waals surface area contributed by atoms with E-state index in [-0.39, 0.29) is 18.4 Å². The Labute approximate surface area is 194 Å². The van der Waals surface area contributed by atoms with E-state index < -0.39 is 5.54 Å². The zero-order valence-corrected chi connectivity index (χ0v) is 19.4. The van der Waals surface area contributed by atoms with Gasteiger partial charge in [-0.15, -0.1) is 0 Å². The number of amides is 2. The molecule has 1 aliphatic rings. The van der Waals surface area contributed by atoms with Gasteiger partial charge in [0.2, 0.25) is 5.91 Å². The number of carbonyl (C=O) groups excluding carboxylic acids is 2. The summed E-state index contributed by atoms with van der Waals surface area (Å²) < 4.78 is 6.75. The van der Waals surface area contributed by atoms with Crippen LogP contribution in [-0.4, -0.2) is 47.4 Å². The fraction of sp³-hybridized carbons (Fsp3) is 0.346. The van der Waals surface area contributed by atoms with Crippen molar-refractivity contribution in [2.45, 2.75) is 38.8 Å². The van der Waals surface area contributed by atoms with E-state index in [1.54, 1.807) is 29.7 Å². The lowest BCUT2D eigenvalue weighted by molar-refractivity contribution is -0.126. The summed E-state index contributed by atoms with van der Waals surface area (Å²) in [6.45, 7) is 5.17. The first kappa shape index (κ1) is 22.7. The minimum Gasteiger partial charge on any atom is -0.385 e. The number of ether oxygens (including phenoxy) is 1. The number of aryl methyl sites for hydroxylation is 1.